The van der Waals surface area contributed by atoms with Crippen molar-refractivity contribution in [2.24, 2.45) is 0 Å². The third-order valence-corrected chi connectivity index (χ3v) is 3.92. The molecular weight excluding hydrogens is 376 g/mol. The monoisotopic (exact) mass is 388 g/mol. The van der Waals surface area contributed by atoms with Crippen molar-refractivity contribution in [3.63, 3.8) is 0 Å². The minimum absolute atomic E-state index is 0.524. The van der Waals surface area contributed by atoms with Gasteiger partial charge in [0.2, 0.25) is 5.95 Å². The molecule has 116 valence electrons. The van der Waals surface area contributed by atoms with Crippen molar-refractivity contribution in [1.29, 1.82) is 0 Å². The third kappa shape index (κ3) is 4.21. The molecule has 2 N–H and O–H groups in total. The molecule has 0 amide bonds. The minimum atomic E-state index is 0.524. The van der Waals surface area contributed by atoms with Crippen molar-refractivity contribution in [2.75, 3.05) is 10.6 Å². The molecule has 1 aromatic heterocycles. The van der Waals surface area contributed by atoms with Crippen LogP contribution in [0.3, 0.4) is 0 Å². The van der Waals surface area contributed by atoms with Crippen LogP contribution >= 0.6 is 27.5 Å². The molecule has 0 atom stereocenters. The Kier molecular flexibility index (Phi) is 4.79. The molecule has 0 saturated carbocycles. The van der Waals surface area contributed by atoms with Crippen LogP contribution in [0.4, 0.5) is 23.1 Å². The van der Waals surface area contributed by atoms with E-state index in [9.17, 15) is 0 Å². The molecule has 0 aliphatic carbocycles. The predicted molar refractivity (Wildman–Crippen MR) is 98.9 cm³/mol. The maximum absolute atomic E-state index is 5.98. The molecule has 6 heteroatoms. The Bertz CT molecular complexity index is 838. The summed E-state index contributed by atoms with van der Waals surface area (Å²) in [6.45, 7) is 1.98. The van der Waals surface area contributed by atoms with Crippen LogP contribution in [-0.2, 0) is 0 Å². The van der Waals surface area contributed by atoms with E-state index in [2.05, 4.69) is 36.5 Å². The summed E-state index contributed by atoms with van der Waals surface area (Å²) in [5, 5.41) is 7.17. The first-order valence-corrected chi connectivity index (χ1v) is 8.16. The lowest BCUT2D eigenvalue weighted by atomic mass is 10.2. The smallest absolute Gasteiger partial charge is 0.229 e. The van der Waals surface area contributed by atoms with Crippen molar-refractivity contribution in [1.82, 2.24) is 9.97 Å². The number of halogens is 2. The molecule has 3 aromatic rings. The third-order valence-electron chi connectivity index (χ3n) is 3.19. The van der Waals surface area contributed by atoms with Crippen molar-refractivity contribution in [3.8, 4) is 0 Å². The van der Waals surface area contributed by atoms with E-state index < -0.39 is 0 Å². The van der Waals surface area contributed by atoms with Crippen LogP contribution < -0.4 is 10.6 Å². The van der Waals surface area contributed by atoms with Gasteiger partial charge < -0.3 is 10.6 Å². The molecule has 23 heavy (non-hydrogen) atoms. The molecule has 0 spiro atoms. The number of hydrogen-bond donors (Lipinski definition) is 2. The molecule has 4 nitrogen and oxygen atoms in total. The van der Waals surface area contributed by atoms with E-state index in [1.807, 2.05) is 55.5 Å². The van der Waals surface area contributed by atoms with Gasteiger partial charge in [0.25, 0.3) is 0 Å². The minimum Gasteiger partial charge on any atom is -0.340 e. The standard InChI is InChI=1S/C17H14BrClN4/c1-11-9-13(19)5-6-15(11)22-17-20-8-7-16(23-17)21-14-4-2-3-12(18)10-14/h2-10H,1H3,(H2,20,21,22,23). The summed E-state index contributed by atoms with van der Waals surface area (Å²) in [6, 6.07) is 15.4. The van der Waals surface area contributed by atoms with E-state index >= 15 is 0 Å². The molecule has 0 aliphatic heterocycles. The zero-order valence-corrected chi connectivity index (χ0v) is 14.7. The van der Waals surface area contributed by atoms with Gasteiger partial charge >= 0.3 is 0 Å². The lowest BCUT2D eigenvalue weighted by Crippen LogP contribution is -2.01. The lowest BCUT2D eigenvalue weighted by molar-refractivity contribution is 1.16. The Balaban J connectivity index is 1.79. The number of nitrogens with zero attached hydrogens (tertiary/aromatic N) is 2. The van der Waals surface area contributed by atoms with Gasteiger partial charge in [-0.25, -0.2) is 4.98 Å². The topological polar surface area (TPSA) is 49.8 Å². The van der Waals surface area contributed by atoms with E-state index in [0.717, 1.165) is 21.4 Å². The van der Waals surface area contributed by atoms with Crippen LogP contribution in [0, 0.1) is 6.92 Å². The van der Waals surface area contributed by atoms with Gasteiger partial charge in [0, 0.05) is 27.1 Å². The van der Waals surface area contributed by atoms with Crippen molar-refractivity contribution in [2.45, 2.75) is 6.92 Å². The molecule has 0 aliphatic rings. The van der Waals surface area contributed by atoms with E-state index in [-0.39, 0.29) is 0 Å². The van der Waals surface area contributed by atoms with Gasteiger partial charge in [-0.05, 0) is 55.0 Å². The average Bonchev–Trinajstić information content (AvgIpc) is 2.51. The molecule has 0 radical (unpaired) electrons. The van der Waals surface area contributed by atoms with Gasteiger partial charge in [-0.15, -0.1) is 0 Å². The molecule has 1 heterocycles. The zero-order valence-electron chi connectivity index (χ0n) is 12.3. The van der Waals surface area contributed by atoms with Gasteiger partial charge in [-0.1, -0.05) is 33.6 Å². The Morgan fingerprint density at radius 2 is 1.91 bits per heavy atom. The summed E-state index contributed by atoms with van der Waals surface area (Å²) in [6.07, 6.45) is 1.71. The van der Waals surface area contributed by atoms with Gasteiger partial charge in [-0.2, -0.15) is 4.98 Å². The van der Waals surface area contributed by atoms with Gasteiger partial charge in [0.15, 0.2) is 0 Å². The Morgan fingerprint density at radius 1 is 1.04 bits per heavy atom. The highest BCUT2D eigenvalue weighted by Crippen LogP contribution is 2.23. The maximum Gasteiger partial charge on any atom is 0.229 e. The van der Waals surface area contributed by atoms with Crippen LogP contribution in [0.5, 0.6) is 0 Å². The summed E-state index contributed by atoms with van der Waals surface area (Å²) >= 11 is 9.43. The molecule has 0 unspecified atom stereocenters. The number of benzene rings is 2. The quantitative estimate of drug-likeness (QED) is 0.602. The molecule has 2 aromatic carbocycles. The highest BCUT2D eigenvalue weighted by Gasteiger charge is 2.04. The summed E-state index contributed by atoms with van der Waals surface area (Å²) < 4.78 is 1.01. The van der Waals surface area contributed by atoms with Crippen LogP contribution in [0.1, 0.15) is 5.56 Å². The fourth-order valence-corrected chi connectivity index (χ4v) is 2.72. The van der Waals surface area contributed by atoms with Crippen LogP contribution in [0.15, 0.2) is 59.2 Å². The molecule has 0 saturated heterocycles. The molecule has 3 rings (SSSR count). The number of rotatable bonds is 4. The van der Waals surface area contributed by atoms with Gasteiger partial charge in [0.05, 0.1) is 0 Å². The Hall–Kier alpha value is -2.11. The maximum atomic E-state index is 5.98. The first kappa shape index (κ1) is 15.8. The second-order valence-corrected chi connectivity index (χ2v) is 6.34. The average molecular weight is 390 g/mol. The number of anilines is 4. The Morgan fingerprint density at radius 3 is 2.70 bits per heavy atom. The Labute approximate surface area is 148 Å². The number of hydrogen-bond acceptors (Lipinski definition) is 4. The van der Waals surface area contributed by atoms with Crippen molar-refractivity contribution in [3.05, 3.63) is 69.8 Å². The number of nitrogens with one attached hydrogen (secondary N) is 2. The lowest BCUT2D eigenvalue weighted by Gasteiger charge is -2.10. The van der Waals surface area contributed by atoms with Crippen LogP contribution in [-0.4, -0.2) is 9.97 Å². The summed E-state index contributed by atoms with van der Waals surface area (Å²) in [4.78, 5) is 8.73. The highest BCUT2D eigenvalue weighted by atomic mass is 79.9. The highest BCUT2D eigenvalue weighted by molar-refractivity contribution is 9.10. The fourth-order valence-electron chi connectivity index (χ4n) is 2.09. The van der Waals surface area contributed by atoms with Crippen LogP contribution in [0.2, 0.25) is 5.02 Å². The second-order valence-electron chi connectivity index (χ2n) is 4.99. The largest absolute Gasteiger partial charge is 0.340 e. The first-order valence-electron chi connectivity index (χ1n) is 6.99. The van der Waals surface area contributed by atoms with Gasteiger partial charge in [-0.3, -0.25) is 0 Å². The normalized spacial score (nSPS) is 10.4. The SMILES string of the molecule is Cc1cc(Cl)ccc1Nc1nccc(Nc2cccc(Br)c2)n1. The van der Waals surface area contributed by atoms with E-state index in [4.69, 9.17) is 11.6 Å². The number of aromatic nitrogens is 2. The van der Waals surface area contributed by atoms with Crippen molar-refractivity contribution >= 4 is 50.7 Å². The summed E-state index contributed by atoms with van der Waals surface area (Å²) in [5.41, 5.74) is 2.91. The number of aryl methyl sites for hydroxylation is 1. The van der Waals surface area contributed by atoms with Crippen LogP contribution in [0.25, 0.3) is 0 Å². The fraction of sp³-hybridized carbons (Fsp3) is 0.0588. The summed E-state index contributed by atoms with van der Waals surface area (Å²) in [5.74, 6) is 1.24. The molecule has 0 bridgehead atoms. The second kappa shape index (κ2) is 6.98. The van der Waals surface area contributed by atoms with Crippen molar-refractivity contribution < 1.29 is 0 Å². The van der Waals surface area contributed by atoms with Gasteiger partial charge in [0.1, 0.15) is 5.82 Å². The van der Waals surface area contributed by atoms with E-state index in [1.54, 1.807) is 6.20 Å². The van der Waals surface area contributed by atoms with E-state index in [1.165, 1.54) is 0 Å². The first-order chi connectivity index (χ1) is 11.1. The zero-order chi connectivity index (χ0) is 16.2. The molecular formula is C17H14BrClN4. The summed E-state index contributed by atoms with van der Waals surface area (Å²) in [7, 11) is 0. The molecule has 0 fully saturated rings. The predicted octanol–water partition coefficient (Wildman–Crippen LogP) is 5.69. The van der Waals surface area contributed by atoms with E-state index in [0.29, 0.717) is 16.8 Å².